The third kappa shape index (κ3) is 3.32. The highest BCUT2D eigenvalue weighted by Gasteiger charge is 2.11. The van der Waals surface area contributed by atoms with Crippen LogP contribution in [0.15, 0.2) is 18.2 Å². The van der Waals surface area contributed by atoms with E-state index in [0.717, 1.165) is 0 Å². The molecule has 0 aliphatic carbocycles. The molecule has 5 nitrogen and oxygen atoms in total. The molecule has 0 saturated heterocycles. The van der Waals surface area contributed by atoms with Crippen LogP contribution in [0.2, 0.25) is 0 Å². The Morgan fingerprint density at radius 2 is 2.06 bits per heavy atom. The van der Waals surface area contributed by atoms with Crippen molar-refractivity contribution in [2.75, 3.05) is 7.11 Å². The van der Waals surface area contributed by atoms with Gasteiger partial charge in [0.25, 0.3) is 0 Å². The topological polar surface area (TPSA) is 86.5 Å². The number of sulfonamides is 1. The third-order valence-corrected chi connectivity index (χ3v) is 2.80. The second kappa shape index (κ2) is 4.63. The van der Waals surface area contributed by atoms with Gasteiger partial charge in [0.15, 0.2) is 0 Å². The SMILES string of the molecule is COC(=O)c1ccc(CS(N)(=O)=O)cc1C. The zero-order valence-corrected chi connectivity index (χ0v) is 9.87. The van der Waals surface area contributed by atoms with E-state index in [1.807, 2.05) is 0 Å². The van der Waals surface area contributed by atoms with Crippen LogP contribution in [0.3, 0.4) is 0 Å². The molecule has 0 amide bonds. The van der Waals surface area contributed by atoms with E-state index in [0.29, 0.717) is 16.7 Å². The molecule has 0 aromatic heterocycles. The van der Waals surface area contributed by atoms with E-state index in [1.54, 1.807) is 19.1 Å². The molecule has 88 valence electrons. The molecular formula is C10H13NO4S. The van der Waals surface area contributed by atoms with Crippen LogP contribution in [-0.2, 0) is 20.5 Å². The predicted octanol–water partition coefficient (Wildman–Crippen LogP) is 0.570. The van der Waals surface area contributed by atoms with Gasteiger partial charge in [0.1, 0.15) is 0 Å². The zero-order valence-electron chi connectivity index (χ0n) is 9.06. The molecule has 0 heterocycles. The Kier molecular flexibility index (Phi) is 3.66. The molecule has 1 aromatic rings. The van der Waals surface area contributed by atoms with Gasteiger partial charge in [-0.3, -0.25) is 0 Å². The summed E-state index contributed by atoms with van der Waals surface area (Å²) in [5.74, 6) is -0.686. The fourth-order valence-electron chi connectivity index (χ4n) is 1.39. The lowest BCUT2D eigenvalue weighted by Gasteiger charge is -2.06. The monoisotopic (exact) mass is 243 g/mol. The Hall–Kier alpha value is -1.40. The molecule has 0 unspecified atom stereocenters. The number of nitrogens with two attached hydrogens (primary N) is 1. The van der Waals surface area contributed by atoms with Gasteiger partial charge in [0.05, 0.1) is 18.4 Å². The minimum atomic E-state index is -3.55. The van der Waals surface area contributed by atoms with Gasteiger partial charge in [0.2, 0.25) is 10.0 Å². The number of hydrogen-bond donors (Lipinski definition) is 1. The maximum absolute atomic E-state index is 11.3. The summed E-state index contributed by atoms with van der Waals surface area (Å²) in [4.78, 5) is 11.3. The van der Waals surface area contributed by atoms with Crippen LogP contribution in [0.25, 0.3) is 0 Å². The number of esters is 1. The van der Waals surface area contributed by atoms with E-state index >= 15 is 0 Å². The zero-order chi connectivity index (χ0) is 12.3. The highest BCUT2D eigenvalue weighted by atomic mass is 32.2. The normalized spacial score (nSPS) is 11.2. The van der Waals surface area contributed by atoms with E-state index in [1.165, 1.54) is 13.2 Å². The first-order valence-electron chi connectivity index (χ1n) is 4.52. The number of ether oxygens (including phenoxy) is 1. The summed E-state index contributed by atoms with van der Waals surface area (Å²) in [5.41, 5.74) is 1.63. The molecule has 0 fully saturated rings. The van der Waals surface area contributed by atoms with E-state index in [-0.39, 0.29) is 5.75 Å². The molecule has 0 spiro atoms. The average molecular weight is 243 g/mol. The molecule has 6 heteroatoms. The molecule has 0 radical (unpaired) electrons. The van der Waals surface area contributed by atoms with Gasteiger partial charge >= 0.3 is 5.97 Å². The number of carbonyl (C=O) groups is 1. The van der Waals surface area contributed by atoms with Crippen LogP contribution in [-0.4, -0.2) is 21.5 Å². The van der Waals surface area contributed by atoms with Crippen LogP contribution in [0, 0.1) is 6.92 Å². The standard InChI is InChI=1S/C10H13NO4S/c1-7-5-8(6-16(11,13)14)3-4-9(7)10(12)15-2/h3-5H,6H2,1-2H3,(H2,11,13,14). The minimum Gasteiger partial charge on any atom is -0.465 e. The van der Waals surface area contributed by atoms with Crippen molar-refractivity contribution in [3.63, 3.8) is 0 Å². The Balaban J connectivity index is 3.05. The van der Waals surface area contributed by atoms with Crippen LogP contribution < -0.4 is 5.14 Å². The first-order valence-corrected chi connectivity index (χ1v) is 6.23. The lowest BCUT2D eigenvalue weighted by molar-refractivity contribution is 0.0600. The van der Waals surface area contributed by atoms with Crippen molar-refractivity contribution in [2.45, 2.75) is 12.7 Å². The van der Waals surface area contributed by atoms with Gasteiger partial charge in [0, 0.05) is 0 Å². The van der Waals surface area contributed by atoms with Crippen molar-refractivity contribution in [3.05, 3.63) is 34.9 Å². The summed E-state index contributed by atoms with van der Waals surface area (Å²) in [6.45, 7) is 1.71. The number of aryl methyl sites for hydroxylation is 1. The number of methoxy groups -OCH3 is 1. The Morgan fingerprint density at radius 1 is 1.44 bits per heavy atom. The second-order valence-corrected chi connectivity index (χ2v) is 5.06. The van der Waals surface area contributed by atoms with E-state index < -0.39 is 16.0 Å². The van der Waals surface area contributed by atoms with Gasteiger partial charge in [-0.2, -0.15) is 0 Å². The van der Waals surface area contributed by atoms with Gasteiger partial charge in [-0.1, -0.05) is 12.1 Å². The van der Waals surface area contributed by atoms with Crippen molar-refractivity contribution < 1.29 is 17.9 Å². The van der Waals surface area contributed by atoms with Crippen molar-refractivity contribution in [1.82, 2.24) is 0 Å². The maximum atomic E-state index is 11.3. The van der Waals surface area contributed by atoms with E-state index in [9.17, 15) is 13.2 Å². The van der Waals surface area contributed by atoms with Crippen LogP contribution >= 0.6 is 0 Å². The van der Waals surface area contributed by atoms with E-state index in [2.05, 4.69) is 4.74 Å². The molecular weight excluding hydrogens is 230 g/mol. The Bertz CT molecular complexity index is 508. The predicted molar refractivity (Wildman–Crippen MR) is 59.3 cm³/mol. The average Bonchev–Trinajstić information content (AvgIpc) is 2.14. The molecule has 0 saturated carbocycles. The fourth-order valence-corrected chi connectivity index (χ4v) is 2.03. The number of benzene rings is 1. The largest absolute Gasteiger partial charge is 0.465 e. The maximum Gasteiger partial charge on any atom is 0.338 e. The molecule has 1 aromatic carbocycles. The molecule has 0 atom stereocenters. The smallest absolute Gasteiger partial charge is 0.338 e. The molecule has 0 aliphatic rings. The lowest BCUT2D eigenvalue weighted by Crippen LogP contribution is -2.15. The number of carbonyl (C=O) groups excluding carboxylic acids is 1. The first kappa shape index (κ1) is 12.7. The summed E-state index contributed by atoms with van der Waals surface area (Å²) < 4.78 is 26.3. The molecule has 0 aliphatic heterocycles. The number of primary sulfonamides is 1. The highest BCUT2D eigenvalue weighted by molar-refractivity contribution is 7.88. The third-order valence-electron chi connectivity index (χ3n) is 2.06. The van der Waals surface area contributed by atoms with Gasteiger partial charge in [-0.15, -0.1) is 0 Å². The van der Waals surface area contributed by atoms with Crippen LogP contribution in [0.5, 0.6) is 0 Å². The summed E-state index contributed by atoms with van der Waals surface area (Å²) in [6, 6.07) is 4.68. The minimum absolute atomic E-state index is 0.241. The lowest BCUT2D eigenvalue weighted by atomic mass is 10.1. The second-order valence-electron chi connectivity index (χ2n) is 3.45. The number of rotatable bonds is 3. The molecule has 0 bridgehead atoms. The van der Waals surface area contributed by atoms with Crippen LogP contribution in [0.4, 0.5) is 0 Å². The number of hydrogen-bond acceptors (Lipinski definition) is 4. The Morgan fingerprint density at radius 3 is 2.50 bits per heavy atom. The molecule has 1 rings (SSSR count). The van der Waals surface area contributed by atoms with Gasteiger partial charge in [-0.05, 0) is 24.1 Å². The van der Waals surface area contributed by atoms with Crippen molar-refractivity contribution >= 4 is 16.0 Å². The fraction of sp³-hybridized carbons (Fsp3) is 0.300. The summed E-state index contributed by atoms with van der Waals surface area (Å²) in [6.07, 6.45) is 0. The van der Waals surface area contributed by atoms with Gasteiger partial charge in [-0.25, -0.2) is 18.4 Å². The van der Waals surface area contributed by atoms with Crippen molar-refractivity contribution in [2.24, 2.45) is 5.14 Å². The van der Waals surface area contributed by atoms with Crippen molar-refractivity contribution in [3.8, 4) is 0 Å². The molecule has 16 heavy (non-hydrogen) atoms. The summed E-state index contributed by atoms with van der Waals surface area (Å²) >= 11 is 0. The Labute approximate surface area is 94.3 Å². The van der Waals surface area contributed by atoms with Crippen LogP contribution in [0.1, 0.15) is 21.5 Å². The summed E-state index contributed by atoms with van der Waals surface area (Å²) in [5, 5.41) is 4.92. The highest BCUT2D eigenvalue weighted by Crippen LogP contribution is 2.13. The van der Waals surface area contributed by atoms with Gasteiger partial charge < -0.3 is 4.74 Å². The summed E-state index contributed by atoms with van der Waals surface area (Å²) in [7, 11) is -2.26. The first-order chi connectivity index (χ1) is 7.33. The van der Waals surface area contributed by atoms with E-state index in [4.69, 9.17) is 5.14 Å². The quantitative estimate of drug-likeness (QED) is 0.786. The van der Waals surface area contributed by atoms with Crippen molar-refractivity contribution in [1.29, 1.82) is 0 Å². The molecule has 2 N–H and O–H groups in total.